The molecule has 1 spiro atoms. The van der Waals surface area contributed by atoms with Crippen molar-refractivity contribution in [3.63, 3.8) is 0 Å². The molecule has 5 rings (SSSR count). The van der Waals surface area contributed by atoms with Gasteiger partial charge in [-0.05, 0) is 61.0 Å². The molecule has 0 aromatic heterocycles. The minimum absolute atomic E-state index is 0.0252. The number of phenols is 2. The highest BCUT2D eigenvalue weighted by Gasteiger charge is 2.55. The Labute approximate surface area is 165 Å². The van der Waals surface area contributed by atoms with Gasteiger partial charge in [0, 0.05) is 23.3 Å². The number of isothiocyanates is 1. The van der Waals surface area contributed by atoms with E-state index in [1.54, 1.807) is 18.2 Å². The van der Waals surface area contributed by atoms with Gasteiger partial charge in [0.25, 0.3) is 0 Å². The second kappa shape index (κ2) is 5.79. The van der Waals surface area contributed by atoms with Crippen molar-refractivity contribution in [3.05, 3.63) is 70.4 Å². The molecular formula is C21H13NO5S. The van der Waals surface area contributed by atoms with Crippen molar-refractivity contribution in [2.24, 2.45) is 4.99 Å². The van der Waals surface area contributed by atoms with Crippen LogP contribution in [0.3, 0.4) is 0 Å². The maximum atomic E-state index is 12.8. The lowest BCUT2D eigenvalue weighted by molar-refractivity contribution is -0.145. The molecule has 0 bridgehead atoms. The normalized spacial score (nSPS) is 18.3. The van der Waals surface area contributed by atoms with Gasteiger partial charge in [-0.1, -0.05) is 0 Å². The Morgan fingerprint density at radius 2 is 1.68 bits per heavy atom. The van der Waals surface area contributed by atoms with E-state index in [4.69, 9.17) is 9.47 Å². The van der Waals surface area contributed by atoms with Crippen molar-refractivity contribution in [3.8, 4) is 23.0 Å². The summed E-state index contributed by atoms with van der Waals surface area (Å²) in [6.07, 6.45) is 2.81. The standard InChI is InChI=1S/C21H13NO5S/c23-12-2-5-16-18(8-12)26-19-9-13(24)3-6-17(19)21(16)15-4-1-11(22-10-28)7-14(15)20(25)27-21/h2-3,5-9,23-24H,1,4H2. The van der Waals surface area contributed by atoms with Gasteiger partial charge in [-0.2, -0.15) is 4.99 Å². The summed E-state index contributed by atoms with van der Waals surface area (Å²) in [6.45, 7) is 0. The van der Waals surface area contributed by atoms with Crippen molar-refractivity contribution in [1.29, 1.82) is 0 Å². The summed E-state index contributed by atoms with van der Waals surface area (Å²) in [4.78, 5) is 16.8. The molecule has 0 saturated heterocycles. The zero-order valence-electron chi connectivity index (χ0n) is 14.4. The van der Waals surface area contributed by atoms with Crippen LogP contribution in [0.15, 0.2) is 64.3 Å². The van der Waals surface area contributed by atoms with Gasteiger partial charge in [0.15, 0.2) is 5.60 Å². The predicted molar refractivity (Wildman–Crippen MR) is 103 cm³/mol. The van der Waals surface area contributed by atoms with Crippen LogP contribution in [0, 0.1) is 0 Å². The Balaban J connectivity index is 1.83. The Kier molecular flexibility index (Phi) is 3.46. The first-order valence-corrected chi connectivity index (χ1v) is 9.04. The van der Waals surface area contributed by atoms with Gasteiger partial charge in [-0.25, -0.2) is 4.79 Å². The molecule has 2 aromatic carbocycles. The molecule has 0 atom stereocenters. The third-order valence-electron chi connectivity index (χ3n) is 5.26. The van der Waals surface area contributed by atoms with Crippen molar-refractivity contribution < 1.29 is 24.5 Å². The van der Waals surface area contributed by atoms with Crippen molar-refractivity contribution in [2.45, 2.75) is 18.4 Å². The number of esters is 1. The third-order valence-corrected chi connectivity index (χ3v) is 5.35. The second-order valence-electron chi connectivity index (χ2n) is 6.76. The summed E-state index contributed by atoms with van der Waals surface area (Å²) in [7, 11) is 0. The number of rotatable bonds is 1. The molecule has 0 unspecified atom stereocenters. The summed E-state index contributed by atoms with van der Waals surface area (Å²) in [6, 6.07) is 9.38. The summed E-state index contributed by atoms with van der Waals surface area (Å²) in [5, 5.41) is 22.2. The number of allylic oxidation sites excluding steroid dienone is 1. The summed E-state index contributed by atoms with van der Waals surface area (Å²) in [5.41, 5.74) is 1.97. The molecule has 2 aromatic rings. The van der Waals surface area contributed by atoms with E-state index in [0.29, 0.717) is 46.7 Å². The first-order valence-electron chi connectivity index (χ1n) is 8.63. The lowest BCUT2D eigenvalue weighted by Crippen LogP contribution is -2.34. The lowest BCUT2D eigenvalue weighted by Gasteiger charge is -2.38. The number of hydrogen-bond acceptors (Lipinski definition) is 7. The lowest BCUT2D eigenvalue weighted by atomic mass is 9.74. The molecule has 138 valence electrons. The molecule has 0 radical (unpaired) electrons. The molecule has 1 aliphatic carbocycles. The van der Waals surface area contributed by atoms with Crippen molar-refractivity contribution in [1.82, 2.24) is 0 Å². The number of carbonyl (C=O) groups excluding carboxylic acids is 1. The highest BCUT2D eigenvalue weighted by atomic mass is 32.1. The zero-order chi connectivity index (χ0) is 19.5. The SMILES string of the molecule is O=C1OC2(C3=C1C=C(N=C=S)CC3)c1ccc(O)cc1Oc1cc(O)ccc12. The van der Waals surface area contributed by atoms with Gasteiger partial charge < -0.3 is 19.7 Å². The molecule has 0 amide bonds. The van der Waals surface area contributed by atoms with Crippen LogP contribution in [0.4, 0.5) is 0 Å². The Bertz CT molecular complexity index is 1120. The molecule has 6 nitrogen and oxygen atoms in total. The predicted octanol–water partition coefficient (Wildman–Crippen LogP) is 4.08. The summed E-state index contributed by atoms with van der Waals surface area (Å²) in [5.74, 6) is 0.318. The molecular weight excluding hydrogens is 378 g/mol. The summed E-state index contributed by atoms with van der Waals surface area (Å²) >= 11 is 4.68. The fourth-order valence-corrected chi connectivity index (χ4v) is 4.25. The first-order chi connectivity index (χ1) is 13.5. The van der Waals surface area contributed by atoms with E-state index in [2.05, 4.69) is 22.4 Å². The van der Waals surface area contributed by atoms with E-state index in [0.717, 1.165) is 5.57 Å². The highest BCUT2D eigenvalue weighted by molar-refractivity contribution is 7.78. The van der Waals surface area contributed by atoms with E-state index in [1.165, 1.54) is 24.3 Å². The monoisotopic (exact) mass is 391 g/mol. The molecule has 0 saturated carbocycles. The van der Waals surface area contributed by atoms with Crippen LogP contribution in [-0.2, 0) is 15.1 Å². The largest absolute Gasteiger partial charge is 0.508 e. The maximum absolute atomic E-state index is 12.8. The van der Waals surface area contributed by atoms with Gasteiger partial charge in [0.2, 0.25) is 0 Å². The highest BCUT2D eigenvalue weighted by Crippen LogP contribution is 2.58. The zero-order valence-corrected chi connectivity index (χ0v) is 15.2. The van der Waals surface area contributed by atoms with Crippen LogP contribution in [0.25, 0.3) is 0 Å². The van der Waals surface area contributed by atoms with Crippen LogP contribution in [-0.4, -0.2) is 21.3 Å². The maximum Gasteiger partial charge on any atom is 0.339 e. The number of benzene rings is 2. The van der Waals surface area contributed by atoms with E-state index in [1.807, 2.05) is 0 Å². The minimum Gasteiger partial charge on any atom is -0.508 e. The second-order valence-corrected chi connectivity index (χ2v) is 6.95. The van der Waals surface area contributed by atoms with E-state index < -0.39 is 11.6 Å². The average Bonchev–Trinajstić information content (AvgIpc) is 2.94. The Morgan fingerprint density at radius 3 is 2.29 bits per heavy atom. The number of phenolic OH excluding ortho intramolecular Hbond substituents is 2. The van der Waals surface area contributed by atoms with Gasteiger partial charge in [-0.15, -0.1) is 0 Å². The molecule has 7 heteroatoms. The molecule has 2 N–H and O–H groups in total. The number of hydrogen-bond donors (Lipinski definition) is 2. The molecule has 3 aliphatic rings. The smallest absolute Gasteiger partial charge is 0.339 e. The minimum atomic E-state index is -1.18. The van der Waals surface area contributed by atoms with E-state index >= 15 is 0 Å². The van der Waals surface area contributed by atoms with Crippen molar-refractivity contribution in [2.75, 3.05) is 0 Å². The Morgan fingerprint density at radius 1 is 1.04 bits per heavy atom. The topological polar surface area (TPSA) is 88.4 Å². The fraction of sp³-hybridized carbons (Fsp3) is 0.143. The molecule has 2 aliphatic heterocycles. The number of thiocarbonyl (C=S) groups is 1. The molecule has 0 fully saturated rings. The number of ether oxygens (including phenoxy) is 2. The fourth-order valence-electron chi connectivity index (χ4n) is 4.14. The van der Waals surface area contributed by atoms with Gasteiger partial charge >= 0.3 is 5.97 Å². The van der Waals surface area contributed by atoms with Crippen LogP contribution in [0.2, 0.25) is 0 Å². The Hall–Kier alpha value is -3.41. The van der Waals surface area contributed by atoms with Gasteiger partial charge in [-0.3, -0.25) is 0 Å². The number of nitrogens with zero attached hydrogens (tertiary/aromatic N) is 1. The number of aliphatic imine (C=N–C) groups is 1. The van der Waals surface area contributed by atoms with Crippen LogP contribution < -0.4 is 4.74 Å². The van der Waals surface area contributed by atoms with Crippen LogP contribution in [0.5, 0.6) is 23.0 Å². The third kappa shape index (κ3) is 2.17. The number of aromatic hydroxyl groups is 2. The van der Waals surface area contributed by atoms with E-state index in [9.17, 15) is 15.0 Å². The van der Waals surface area contributed by atoms with E-state index in [-0.39, 0.29) is 11.5 Å². The number of fused-ring (bicyclic) bond motifs is 5. The molecule has 2 heterocycles. The first kappa shape index (κ1) is 16.7. The van der Waals surface area contributed by atoms with Crippen LogP contribution in [0.1, 0.15) is 24.0 Å². The van der Waals surface area contributed by atoms with Gasteiger partial charge in [0.05, 0.1) is 16.4 Å². The average molecular weight is 391 g/mol. The van der Waals surface area contributed by atoms with Crippen LogP contribution >= 0.6 is 12.2 Å². The number of carbonyl (C=O) groups is 1. The van der Waals surface area contributed by atoms with Gasteiger partial charge in [0.1, 0.15) is 23.0 Å². The summed E-state index contributed by atoms with van der Waals surface area (Å²) < 4.78 is 11.9. The quantitative estimate of drug-likeness (QED) is 0.433. The molecule has 28 heavy (non-hydrogen) atoms. The van der Waals surface area contributed by atoms with Crippen molar-refractivity contribution >= 4 is 23.3 Å².